The molecule has 0 saturated carbocycles. The standard InChI is InChI=1S/C10H6Br2ClN3O2S/c11-6-1-2-7(12)8(5-6)19(17,18)16-9-3-4-14-10(13)15-9/h1-5H,(H,14,15,16). The van der Waals surface area contributed by atoms with E-state index in [1.54, 1.807) is 12.1 Å². The number of aromatic nitrogens is 2. The monoisotopic (exact) mass is 425 g/mol. The number of halogens is 3. The molecule has 0 fully saturated rings. The number of anilines is 1. The first-order valence-corrected chi connectivity index (χ1v) is 8.29. The average Bonchev–Trinajstić information content (AvgIpc) is 2.31. The number of rotatable bonds is 3. The van der Waals surface area contributed by atoms with E-state index in [9.17, 15) is 8.42 Å². The maximum atomic E-state index is 12.2. The minimum atomic E-state index is -3.76. The summed E-state index contributed by atoms with van der Waals surface area (Å²) >= 11 is 12.0. The fourth-order valence-corrected chi connectivity index (χ4v) is 3.92. The molecule has 2 aromatic rings. The molecule has 9 heteroatoms. The van der Waals surface area contributed by atoms with Gasteiger partial charge in [-0.3, -0.25) is 4.72 Å². The van der Waals surface area contributed by atoms with Crippen molar-refractivity contribution < 1.29 is 8.42 Å². The van der Waals surface area contributed by atoms with Gasteiger partial charge in [-0.05, 0) is 51.8 Å². The van der Waals surface area contributed by atoms with Crippen molar-refractivity contribution >= 4 is 59.3 Å². The highest BCUT2D eigenvalue weighted by atomic mass is 79.9. The molecule has 0 spiro atoms. The summed E-state index contributed by atoms with van der Waals surface area (Å²) in [6.45, 7) is 0. The Hall–Kier alpha value is -0.700. The summed E-state index contributed by atoms with van der Waals surface area (Å²) in [4.78, 5) is 7.54. The molecule has 0 aliphatic heterocycles. The van der Waals surface area contributed by atoms with Crippen LogP contribution in [0.2, 0.25) is 5.28 Å². The number of benzene rings is 1. The molecule has 1 N–H and O–H groups in total. The van der Waals surface area contributed by atoms with Crippen LogP contribution in [-0.4, -0.2) is 18.4 Å². The lowest BCUT2D eigenvalue weighted by atomic mass is 10.4. The van der Waals surface area contributed by atoms with Crippen LogP contribution in [0.3, 0.4) is 0 Å². The molecule has 0 aliphatic carbocycles. The zero-order chi connectivity index (χ0) is 14.0. The molecule has 0 amide bonds. The van der Waals surface area contributed by atoms with E-state index in [0.29, 0.717) is 8.95 Å². The number of nitrogens with one attached hydrogen (secondary N) is 1. The van der Waals surface area contributed by atoms with Crippen LogP contribution in [0.15, 0.2) is 44.3 Å². The first-order chi connectivity index (χ1) is 8.88. The summed E-state index contributed by atoms with van der Waals surface area (Å²) in [6, 6.07) is 6.25. The van der Waals surface area contributed by atoms with Crippen LogP contribution in [0.4, 0.5) is 5.82 Å². The van der Waals surface area contributed by atoms with Crippen molar-refractivity contribution in [1.29, 1.82) is 0 Å². The van der Waals surface area contributed by atoms with E-state index in [4.69, 9.17) is 11.6 Å². The first-order valence-electron chi connectivity index (χ1n) is 4.85. The molecule has 0 radical (unpaired) electrons. The minimum Gasteiger partial charge on any atom is -0.263 e. The number of hydrogen-bond donors (Lipinski definition) is 1. The van der Waals surface area contributed by atoms with Crippen LogP contribution in [0.1, 0.15) is 0 Å². The summed E-state index contributed by atoms with van der Waals surface area (Å²) in [5, 5.41) is -0.0338. The molecule has 0 saturated heterocycles. The fourth-order valence-electron chi connectivity index (χ4n) is 1.27. The van der Waals surface area contributed by atoms with Gasteiger partial charge in [0.15, 0.2) is 0 Å². The Morgan fingerprint density at radius 2 is 1.95 bits per heavy atom. The van der Waals surface area contributed by atoms with Crippen LogP contribution in [0, 0.1) is 0 Å². The molecule has 5 nitrogen and oxygen atoms in total. The van der Waals surface area contributed by atoms with E-state index in [2.05, 4.69) is 46.5 Å². The summed E-state index contributed by atoms with van der Waals surface area (Å²) in [7, 11) is -3.76. The van der Waals surface area contributed by atoms with Gasteiger partial charge in [-0.25, -0.2) is 13.4 Å². The average molecular weight is 428 g/mol. The second-order valence-corrected chi connectivity index (χ2v) is 7.15. The lowest BCUT2D eigenvalue weighted by Gasteiger charge is -2.09. The second kappa shape index (κ2) is 5.74. The van der Waals surface area contributed by atoms with E-state index < -0.39 is 10.0 Å². The Morgan fingerprint density at radius 1 is 1.21 bits per heavy atom. The summed E-state index contributed by atoms with van der Waals surface area (Å²) in [5.74, 6) is 0.104. The smallest absolute Gasteiger partial charge is 0.263 e. The van der Waals surface area contributed by atoms with Crippen LogP contribution in [0.5, 0.6) is 0 Å². The van der Waals surface area contributed by atoms with E-state index >= 15 is 0 Å². The van der Waals surface area contributed by atoms with Crippen molar-refractivity contribution in [3.8, 4) is 0 Å². The molecule has 2 rings (SSSR count). The molecule has 1 heterocycles. The van der Waals surface area contributed by atoms with Gasteiger partial charge in [0.25, 0.3) is 10.0 Å². The van der Waals surface area contributed by atoms with Crippen molar-refractivity contribution in [1.82, 2.24) is 9.97 Å². The van der Waals surface area contributed by atoms with Crippen LogP contribution in [0.25, 0.3) is 0 Å². The summed E-state index contributed by atoms with van der Waals surface area (Å²) < 4.78 is 27.9. The topological polar surface area (TPSA) is 72.0 Å². The van der Waals surface area contributed by atoms with Crippen LogP contribution >= 0.6 is 43.5 Å². The van der Waals surface area contributed by atoms with E-state index in [-0.39, 0.29) is 16.0 Å². The predicted molar refractivity (Wildman–Crippen MR) is 79.7 cm³/mol. The Morgan fingerprint density at radius 3 is 2.63 bits per heavy atom. The molecule has 0 atom stereocenters. The Bertz CT molecular complexity index is 724. The minimum absolute atomic E-state index is 0.0338. The molecule has 1 aromatic heterocycles. The quantitative estimate of drug-likeness (QED) is 0.762. The predicted octanol–water partition coefficient (Wildman–Crippen LogP) is 3.46. The van der Waals surface area contributed by atoms with Gasteiger partial charge < -0.3 is 0 Å². The van der Waals surface area contributed by atoms with Gasteiger partial charge in [0.05, 0.1) is 0 Å². The van der Waals surface area contributed by atoms with Crippen LogP contribution in [-0.2, 0) is 10.0 Å². The van der Waals surface area contributed by atoms with Gasteiger partial charge in [0, 0.05) is 15.1 Å². The highest BCUT2D eigenvalue weighted by Gasteiger charge is 2.18. The molecule has 100 valence electrons. The zero-order valence-electron chi connectivity index (χ0n) is 9.14. The molecule has 0 bridgehead atoms. The van der Waals surface area contributed by atoms with E-state index in [1.807, 2.05) is 0 Å². The van der Waals surface area contributed by atoms with Gasteiger partial charge in [-0.15, -0.1) is 0 Å². The third-order valence-corrected chi connectivity index (χ3v) is 5.07. The third-order valence-electron chi connectivity index (χ3n) is 2.05. The van der Waals surface area contributed by atoms with Gasteiger partial charge in [-0.1, -0.05) is 15.9 Å². The Labute approximate surface area is 131 Å². The van der Waals surface area contributed by atoms with Gasteiger partial charge >= 0.3 is 0 Å². The molecule has 1 aromatic carbocycles. The molecule has 0 unspecified atom stereocenters. The fraction of sp³-hybridized carbons (Fsp3) is 0. The van der Waals surface area contributed by atoms with Gasteiger partial charge in [0.2, 0.25) is 5.28 Å². The number of hydrogen-bond acceptors (Lipinski definition) is 4. The first kappa shape index (κ1) is 14.7. The maximum Gasteiger partial charge on any atom is 0.264 e. The molecular formula is C10H6Br2ClN3O2S. The van der Waals surface area contributed by atoms with Gasteiger partial charge in [0.1, 0.15) is 10.7 Å². The van der Waals surface area contributed by atoms with Crippen LogP contribution < -0.4 is 4.72 Å². The highest BCUT2D eigenvalue weighted by Crippen LogP contribution is 2.27. The SMILES string of the molecule is O=S(=O)(Nc1ccnc(Cl)n1)c1cc(Br)ccc1Br. The van der Waals surface area contributed by atoms with Crippen molar-refractivity contribution in [3.05, 3.63) is 44.7 Å². The highest BCUT2D eigenvalue weighted by molar-refractivity contribution is 9.11. The van der Waals surface area contributed by atoms with Crippen molar-refractivity contribution in [2.75, 3.05) is 4.72 Å². The van der Waals surface area contributed by atoms with Crippen molar-refractivity contribution in [2.24, 2.45) is 0 Å². The van der Waals surface area contributed by atoms with Crippen molar-refractivity contribution in [3.63, 3.8) is 0 Å². The number of nitrogens with zero attached hydrogens (tertiary/aromatic N) is 2. The lowest BCUT2D eigenvalue weighted by Crippen LogP contribution is -2.14. The van der Waals surface area contributed by atoms with E-state index in [0.717, 1.165) is 0 Å². The molecular weight excluding hydrogens is 421 g/mol. The van der Waals surface area contributed by atoms with Crippen molar-refractivity contribution in [2.45, 2.75) is 4.90 Å². The second-order valence-electron chi connectivity index (χ2n) is 3.39. The maximum absolute atomic E-state index is 12.2. The Balaban J connectivity index is 2.40. The number of sulfonamides is 1. The van der Waals surface area contributed by atoms with Gasteiger partial charge in [-0.2, -0.15) is 4.98 Å². The lowest BCUT2D eigenvalue weighted by molar-refractivity contribution is 0.600. The molecule has 0 aliphatic rings. The summed E-state index contributed by atoms with van der Waals surface area (Å²) in [6.07, 6.45) is 1.36. The summed E-state index contributed by atoms with van der Waals surface area (Å²) in [5.41, 5.74) is 0. The molecule has 19 heavy (non-hydrogen) atoms. The Kier molecular flexibility index (Phi) is 4.44. The zero-order valence-corrected chi connectivity index (χ0v) is 13.9. The third kappa shape index (κ3) is 3.65. The normalized spacial score (nSPS) is 11.3. The van der Waals surface area contributed by atoms with E-state index in [1.165, 1.54) is 18.3 Å². The largest absolute Gasteiger partial charge is 0.264 e.